The summed E-state index contributed by atoms with van der Waals surface area (Å²) >= 11 is 0. The molecular formula is C15H26O3. The van der Waals surface area contributed by atoms with Crippen molar-refractivity contribution < 1.29 is 14.2 Å². The summed E-state index contributed by atoms with van der Waals surface area (Å²) in [5, 5.41) is 0. The number of hydrogen-bond acceptors (Lipinski definition) is 3. The summed E-state index contributed by atoms with van der Waals surface area (Å²) in [6.45, 7) is 1.64. The molecule has 3 aliphatic rings. The monoisotopic (exact) mass is 254 g/mol. The van der Waals surface area contributed by atoms with Gasteiger partial charge in [-0.25, -0.2) is 0 Å². The summed E-state index contributed by atoms with van der Waals surface area (Å²) in [5.41, 5.74) is 0. The Morgan fingerprint density at radius 3 is 2.61 bits per heavy atom. The van der Waals surface area contributed by atoms with Crippen molar-refractivity contribution >= 4 is 0 Å². The first-order valence-corrected chi connectivity index (χ1v) is 7.80. The van der Waals surface area contributed by atoms with Crippen LogP contribution in [0.25, 0.3) is 0 Å². The predicted molar refractivity (Wildman–Crippen MR) is 69.4 cm³/mol. The van der Waals surface area contributed by atoms with Crippen LogP contribution in [-0.4, -0.2) is 31.7 Å². The minimum Gasteiger partial charge on any atom is -0.375 e. The van der Waals surface area contributed by atoms with Crippen molar-refractivity contribution in [2.45, 2.75) is 76.3 Å². The smallest absolute Gasteiger partial charge is 0.158 e. The lowest BCUT2D eigenvalue weighted by Crippen LogP contribution is -2.40. The maximum absolute atomic E-state index is 6.07. The Balaban J connectivity index is 1.49. The van der Waals surface area contributed by atoms with Crippen LogP contribution >= 0.6 is 0 Å². The zero-order chi connectivity index (χ0) is 12.2. The lowest BCUT2D eigenvalue weighted by atomic mass is 9.89. The topological polar surface area (TPSA) is 27.7 Å². The van der Waals surface area contributed by atoms with E-state index < -0.39 is 0 Å². The van der Waals surface area contributed by atoms with Crippen LogP contribution in [0.1, 0.15) is 57.8 Å². The minimum absolute atomic E-state index is 0.0367. The molecule has 0 aromatic heterocycles. The van der Waals surface area contributed by atoms with Gasteiger partial charge in [-0.3, -0.25) is 0 Å². The summed E-state index contributed by atoms with van der Waals surface area (Å²) < 4.78 is 17.8. The van der Waals surface area contributed by atoms with Crippen LogP contribution in [0.4, 0.5) is 0 Å². The largest absolute Gasteiger partial charge is 0.375 e. The molecule has 3 rings (SSSR count). The number of rotatable bonds is 2. The fourth-order valence-electron chi connectivity index (χ4n) is 3.60. The van der Waals surface area contributed by atoms with Gasteiger partial charge < -0.3 is 14.2 Å². The Morgan fingerprint density at radius 2 is 1.72 bits per heavy atom. The highest BCUT2D eigenvalue weighted by Gasteiger charge is 2.33. The molecule has 0 amide bonds. The third-order valence-electron chi connectivity index (χ3n) is 4.63. The number of fused-ring (bicyclic) bond motifs is 1. The fraction of sp³-hybridized carbons (Fsp3) is 1.00. The molecule has 2 aliphatic heterocycles. The molecule has 0 N–H and O–H groups in total. The highest BCUT2D eigenvalue weighted by atomic mass is 16.7. The van der Waals surface area contributed by atoms with Gasteiger partial charge in [-0.15, -0.1) is 0 Å². The highest BCUT2D eigenvalue weighted by Crippen LogP contribution is 2.34. The zero-order valence-electron chi connectivity index (χ0n) is 11.3. The van der Waals surface area contributed by atoms with Gasteiger partial charge in [-0.05, 0) is 44.4 Å². The summed E-state index contributed by atoms with van der Waals surface area (Å²) in [4.78, 5) is 0. The second-order valence-corrected chi connectivity index (χ2v) is 6.06. The molecule has 0 radical (unpaired) electrons. The Labute approximate surface area is 110 Å². The Hall–Kier alpha value is -0.120. The SMILES string of the molecule is C1CC[C@H]2C[C@@H](OC3CCCCO3)CO[C@H]2CC1. The zero-order valence-corrected chi connectivity index (χ0v) is 11.3. The van der Waals surface area contributed by atoms with Gasteiger partial charge in [0, 0.05) is 6.61 Å². The maximum Gasteiger partial charge on any atom is 0.158 e. The first-order valence-electron chi connectivity index (χ1n) is 7.80. The normalized spacial score (nSPS) is 42.0. The van der Waals surface area contributed by atoms with Crippen LogP contribution in [0.2, 0.25) is 0 Å². The molecule has 2 heterocycles. The molecule has 0 aromatic rings. The molecule has 0 bridgehead atoms. The van der Waals surface area contributed by atoms with Gasteiger partial charge in [0.25, 0.3) is 0 Å². The molecule has 1 saturated carbocycles. The molecule has 0 aromatic carbocycles. The highest BCUT2D eigenvalue weighted by molar-refractivity contribution is 4.82. The molecule has 1 unspecified atom stereocenters. The summed E-state index contributed by atoms with van der Waals surface area (Å²) in [5.74, 6) is 0.731. The standard InChI is InChI=1S/C15H26O3/c1-2-6-12-10-13(11-17-14(12)7-3-1)18-15-8-4-5-9-16-15/h12-15H,1-11H2/t12-,13+,14-,15?/m0/s1. The molecule has 2 saturated heterocycles. The first-order chi connectivity index (χ1) is 8.92. The van der Waals surface area contributed by atoms with E-state index in [1.807, 2.05) is 0 Å². The molecule has 3 fully saturated rings. The number of ether oxygens (including phenoxy) is 3. The summed E-state index contributed by atoms with van der Waals surface area (Å²) in [7, 11) is 0. The van der Waals surface area contributed by atoms with Crippen LogP contribution in [0.15, 0.2) is 0 Å². The van der Waals surface area contributed by atoms with Crippen LogP contribution in [0, 0.1) is 5.92 Å². The molecule has 104 valence electrons. The van der Waals surface area contributed by atoms with Crippen LogP contribution in [0.3, 0.4) is 0 Å². The van der Waals surface area contributed by atoms with Crippen molar-refractivity contribution in [3.05, 3.63) is 0 Å². The lowest BCUT2D eigenvalue weighted by Gasteiger charge is -2.37. The van der Waals surface area contributed by atoms with Gasteiger partial charge in [-0.1, -0.05) is 19.3 Å². The Kier molecular flexibility index (Phi) is 4.55. The molecule has 3 nitrogen and oxygen atoms in total. The lowest BCUT2D eigenvalue weighted by molar-refractivity contribution is -0.220. The van der Waals surface area contributed by atoms with Crippen LogP contribution in [-0.2, 0) is 14.2 Å². The Bertz CT molecular complexity index is 250. The van der Waals surface area contributed by atoms with Crippen LogP contribution in [0.5, 0.6) is 0 Å². The molecule has 3 heteroatoms. The fourth-order valence-corrected chi connectivity index (χ4v) is 3.60. The van der Waals surface area contributed by atoms with Gasteiger partial charge in [0.05, 0.1) is 18.8 Å². The third kappa shape index (κ3) is 3.25. The molecule has 4 atom stereocenters. The molecular weight excluding hydrogens is 228 g/mol. The van der Waals surface area contributed by atoms with Crippen molar-refractivity contribution in [1.82, 2.24) is 0 Å². The Morgan fingerprint density at radius 1 is 0.833 bits per heavy atom. The van der Waals surface area contributed by atoms with Crippen molar-refractivity contribution in [3.63, 3.8) is 0 Å². The molecule has 0 spiro atoms. The predicted octanol–water partition coefficient (Wildman–Crippen LogP) is 3.27. The average Bonchev–Trinajstić information content (AvgIpc) is 2.64. The van der Waals surface area contributed by atoms with E-state index in [1.54, 1.807) is 0 Å². The van der Waals surface area contributed by atoms with E-state index >= 15 is 0 Å². The van der Waals surface area contributed by atoms with Crippen LogP contribution < -0.4 is 0 Å². The van der Waals surface area contributed by atoms with E-state index in [9.17, 15) is 0 Å². The van der Waals surface area contributed by atoms with Gasteiger partial charge >= 0.3 is 0 Å². The van der Waals surface area contributed by atoms with Crippen molar-refractivity contribution in [1.29, 1.82) is 0 Å². The van der Waals surface area contributed by atoms with E-state index in [0.29, 0.717) is 6.10 Å². The maximum atomic E-state index is 6.07. The van der Waals surface area contributed by atoms with E-state index in [4.69, 9.17) is 14.2 Å². The van der Waals surface area contributed by atoms with Gasteiger partial charge in [-0.2, -0.15) is 0 Å². The average molecular weight is 254 g/mol. The van der Waals surface area contributed by atoms with Gasteiger partial charge in [0.1, 0.15) is 0 Å². The quantitative estimate of drug-likeness (QED) is 0.757. The second kappa shape index (κ2) is 6.36. The summed E-state index contributed by atoms with van der Waals surface area (Å²) in [6.07, 6.45) is 12.2. The molecule has 1 aliphatic carbocycles. The van der Waals surface area contributed by atoms with E-state index in [0.717, 1.165) is 25.6 Å². The van der Waals surface area contributed by atoms with Crippen molar-refractivity contribution in [2.75, 3.05) is 13.2 Å². The van der Waals surface area contributed by atoms with Gasteiger partial charge in [0.2, 0.25) is 0 Å². The van der Waals surface area contributed by atoms with Crippen molar-refractivity contribution in [3.8, 4) is 0 Å². The second-order valence-electron chi connectivity index (χ2n) is 6.06. The minimum atomic E-state index is 0.0367. The number of hydrogen-bond donors (Lipinski definition) is 0. The van der Waals surface area contributed by atoms with E-state index in [-0.39, 0.29) is 12.4 Å². The van der Waals surface area contributed by atoms with E-state index in [1.165, 1.54) is 51.4 Å². The van der Waals surface area contributed by atoms with Crippen molar-refractivity contribution in [2.24, 2.45) is 5.92 Å². The first kappa shape index (κ1) is 12.9. The van der Waals surface area contributed by atoms with E-state index in [2.05, 4.69) is 0 Å². The molecule has 18 heavy (non-hydrogen) atoms. The third-order valence-corrected chi connectivity index (χ3v) is 4.63. The van der Waals surface area contributed by atoms with Gasteiger partial charge in [0.15, 0.2) is 6.29 Å². The summed E-state index contributed by atoms with van der Waals surface area (Å²) in [6, 6.07) is 0.